The van der Waals surface area contributed by atoms with Gasteiger partial charge in [-0.05, 0) is 31.5 Å². The van der Waals surface area contributed by atoms with Crippen LogP contribution in [0.2, 0.25) is 0 Å². The predicted octanol–water partition coefficient (Wildman–Crippen LogP) is 2.79. The monoisotopic (exact) mass is 350 g/mol. The fourth-order valence-corrected chi connectivity index (χ4v) is 1.81. The van der Waals surface area contributed by atoms with Gasteiger partial charge < -0.3 is 15.0 Å². The Morgan fingerprint density at radius 1 is 1.30 bits per heavy atom. The van der Waals surface area contributed by atoms with E-state index in [-0.39, 0.29) is 42.6 Å². The van der Waals surface area contributed by atoms with Crippen LogP contribution in [0, 0.1) is 11.6 Å². The van der Waals surface area contributed by atoms with Gasteiger partial charge in [0.05, 0.1) is 13.2 Å². The molecule has 23 heavy (non-hydrogen) atoms. The van der Waals surface area contributed by atoms with Crippen LogP contribution in [0.25, 0.3) is 0 Å². The number of carbonyl (C=O) groups is 1. The highest BCUT2D eigenvalue weighted by molar-refractivity contribution is 5.85. The normalized spacial score (nSPS) is 10.1. The molecule has 0 aliphatic rings. The molecule has 132 valence electrons. The van der Waals surface area contributed by atoms with Gasteiger partial charge >= 0.3 is 0 Å². The minimum absolute atomic E-state index is 0. The number of unbranched alkanes of at least 4 members (excludes halogenated alkanes) is 1. The molecule has 4 nitrogen and oxygen atoms in total. The van der Waals surface area contributed by atoms with Crippen LogP contribution in [0.4, 0.5) is 8.78 Å². The number of likely N-dealkylation sites (N-methyl/N-ethyl adjacent to an activating group) is 1. The highest BCUT2D eigenvalue weighted by Crippen LogP contribution is 2.23. The summed E-state index contributed by atoms with van der Waals surface area (Å²) in [5.41, 5.74) is -0.0150. The second-order valence-electron chi connectivity index (χ2n) is 5.26. The molecule has 0 atom stereocenters. The molecule has 0 heterocycles. The molecule has 0 spiro atoms. The van der Waals surface area contributed by atoms with E-state index in [1.165, 1.54) is 17.0 Å². The van der Waals surface area contributed by atoms with Crippen LogP contribution in [0.5, 0.6) is 5.75 Å². The first-order valence-electron chi connectivity index (χ1n) is 7.47. The van der Waals surface area contributed by atoms with Crippen molar-refractivity contribution in [2.45, 2.75) is 26.2 Å². The number of hydrogen-bond acceptors (Lipinski definition) is 3. The lowest BCUT2D eigenvalue weighted by Gasteiger charge is -2.13. The number of rotatable bonds is 9. The van der Waals surface area contributed by atoms with Gasteiger partial charge in [0, 0.05) is 19.7 Å². The van der Waals surface area contributed by atoms with Crippen molar-refractivity contribution in [1.29, 1.82) is 0 Å². The predicted molar refractivity (Wildman–Crippen MR) is 89.3 cm³/mol. The van der Waals surface area contributed by atoms with Crippen LogP contribution < -0.4 is 10.1 Å². The Labute approximate surface area is 142 Å². The molecule has 1 aromatic rings. The Balaban J connectivity index is 0.00000484. The maximum atomic E-state index is 14.2. The molecule has 7 heteroatoms. The quantitative estimate of drug-likeness (QED) is 0.696. The zero-order valence-electron chi connectivity index (χ0n) is 13.8. The third-order valence-electron chi connectivity index (χ3n) is 3.23. The van der Waals surface area contributed by atoms with Crippen LogP contribution in [0.3, 0.4) is 0 Å². The van der Waals surface area contributed by atoms with Crippen LogP contribution in [0.15, 0.2) is 12.1 Å². The summed E-state index contributed by atoms with van der Waals surface area (Å²) < 4.78 is 33.3. The first-order valence-corrected chi connectivity index (χ1v) is 7.47. The molecule has 0 saturated carbocycles. The first kappa shape index (κ1) is 21.6. The van der Waals surface area contributed by atoms with Gasteiger partial charge in [-0.3, -0.25) is 4.79 Å². The largest absolute Gasteiger partial charge is 0.491 e. The Morgan fingerprint density at radius 3 is 2.61 bits per heavy atom. The molecule has 0 saturated heterocycles. The summed E-state index contributed by atoms with van der Waals surface area (Å²) in [6, 6.07) is 2.53. The minimum Gasteiger partial charge on any atom is -0.491 e. The lowest BCUT2D eigenvalue weighted by Crippen LogP contribution is -2.34. The van der Waals surface area contributed by atoms with E-state index in [1.807, 2.05) is 6.92 Å². The van der Waals surface area contributed by atoms with Crippen LogP contribution in [-0.2, 0) is 11.2 Å². The molecular formula is C16H25ClF2N2O2. The van der Waals surface area contributed by atoms with Gasteiger partial charge in [-0.2, -0.15) is 0 Å². The lowest BCUT2D eigenvalue weighted by atomic mass is 10.1. The smallest absolute Gasteiger partial charge is 0.236 e. The van der Waals surface area contributed by atoms with Crippen molar-refractivity contribution < 1.29 is 18.3 Å². The van der Waals surface area contributed by atoms with Gasteiger partial charge in [-0.25, -0.2) is 8.78 Å². The summed E-state index contributed by atoms with van der Waals surface area (Å²) >= 11 is 0. The molecule has 1 rings (SSSR count). The van der Waals surface area contributed by atoms with Crippen molar-refractivity contribution in [2.24, 2.45) is 0 Å². The van der Waals surface area contributed by atoms with Crippen LogP contribution >= 0.6 is 12.4 Å². The van der Waals surface area contributed by atoms with Gasteiger partial charge in [0.15, 0.2) is 11.6 Å². The topological polar surface area (TPSA) is 41.6 Å². The number of nitrogens with zero attached hydrogens (tertiary/aromatic N) is 1. The minimum atomic E-state index is -0.656. The van der Waals surface area contributed by atoms with E-state index in [9.17, 15) is 13.6 Å². The van der Waals surface area contributed by atoms with Gasteiger partial charge in [0.25, 0.3) is 0 Å². The van der Waals surface area contributed by atoms with Crippen molar-refractivity contribution >= 4 is 18.3 Å². The van der Waals surface area contributed by atoms with Gasteiger partial charge in [0.1, 0.15) is 5.82 Å². The molecule has 1 aromatic carbocycles. The fraction of sp³-hybridized carbons (Fsp3) is 0.562. The molecule has 0 aliphatic heterocycles. The number of carbonyl (C=O) groups excluding carboxylic acids is 1. The molecule has 1 N–H and O–H groups in total. The highest BCUT2D eigenvalue weighted by Gasteiger charge is 2.14. The van der Waals surface area contributed by atoms with Crippen molar-refractivity contribution in [3.05, 3.63) is 29.3 Å². The number of hydrogen-bond donors (Lipinski definition) is 1. The molecule has 0 unspecified atom stereocenters. The number of ether oxygens (including phenoxy) is 1. The SMILES string of the molecule is CCCCOc1ccc(F)c(CCNCC(=O)N(C)C)c1F.Cl. The van der Waals surface area contributed by atoms with E-state index in [0.29, 0.717) is 13.2 Å². The fourth-order valence-electron chi connectivity index (χ4n) is 1.81. The van der Waals surface area contributed by atoms with E-state index in [1.54, 1.807) is 14.1 Å². The molecule has 0 aliphatic carbocycles. The third-order valence-corrected chi connectivity index (χ3v) is 3.23. The Bertz CT molecular complexity index is 499. The van der Waals surface area contributed by atoms with Gasteiger partial charge in [0.2, 0.25) is 5.91 Å². The van der Waals surface area contributed by atoms with Gasteiger partial charge in [-0.15, -0.1) is 12.4 Å². The molecule has 0 fully saturated rings. The number of amides is 1. The zero-order valence-corrected chi connectivity index (χ0v) is 14.6. The summed E-state index contributed by atoms with van der Waals surface area (Å²) in [4.78, 5) is 12.8. The summed E-state index contributed by atoms with van der Waals surface area (Å²) in [6.07, 6.45) is 1.92. The van der Waals surface area contributed by atoms with Crippen molar-refractivity contribution in [2.75, 3.05) is 33.8 Å². The Morgan fingerprint density at radius 2 is 2.00 bits per heavy atom. The van der Waals surface area contributed by atoms with E-state index in [0.717, 1.165) is 12.8 Å². The average molecular weight is 351 g/mol. The maximum absolute atomic E-state index is 14.2. The number of benzene rings is 1. The second kappa shape index (κ2) is 11.2. The molecule has 0 aromatic heterocycles. The molecular weight excluding hydrogens is 326 g/mol. The maximum Gasteiger partial charge on any atom is 0.236 e. The summed E-state index contributed by atoms with van der Waals surface area (Å²) in [5.74, 6) is -1.26. The molecule has 0 radical (unpaired) electrons. The Hall–Kier alpha value is -1.40. The van der Waals surface area contributed by atoms with E-state index >= 15 is 0 Å². The number of nitrogens with one attached hydrogen (secondary N) is 1. The van der Waals surface area contributed by atoms with Crippen LogP contribution in [0.1, 0.15) is 25.3 Å². The summed E-state index contributed by atoms with van der Waals surface area (Å²) in [5, 5.41) is 2.88. The highest BCUT2D eigenvalue weighted by atomic mass is 35.5. The summed E-state index contributed by atoms with van der Waals surface area (Å²) in [6.45, 7) is 2.87. The standard InChI is InChI=1S/C16H24F2N2O2.ClH/c1-4-5-10-22-14-7-6-13(17)12(16(14)18)8-9-19-11-15(21)20(2)3;/h6-7,19H,4-5,8-11H2,1-3H3;1H. The van der Waals surface area contributed by atoms with Crippen LogP contribution in [-0.4, -0.2) is 44.6 Å². The van der Waals surface area contributed by atoms with Crippen molar-refractivity contribution in [1.82, 2.24) is 10.2 Å². The summed E-state index contributed by atoms with van der Waals surface area (Å²) in [7, 11) is 3.31. The second-order valence-corrected chi connectivity index (χ2v) is 5.26. The number of halogens is 3. The lowest BCUT2D eigenvalue weighted by molar-refractivity contribution is -0.127. The van der Waals surface area contributed by atoms with Crippen molar-refractivity contribution in [3.8, 4) is 5.75 Å². The Kier molecular flexibility index (Phi) is 10.5. The average Bonchev–Trinajstić information content (AvgIpc) is 2.48. The van der Waals surface area contributed by atoms with Crippen molar-refractivity contribution in [3.63, 3.8) is 0 Å². The molecule has 1 amide bonds. The van der Waals surface area contributed by atoms with Gasteiger partial charge in [-0.1, -0.05) is 13.3 Å². The van der Waals surface area contributed by atoms with E-state index in [4.69, 9.17) is 4.74 Å². The van der Waals surface area contributed by atoms with E-state index < -0.39 is 11.6 Å². The molecule has 0 bridgehead atoms. The van der Waals surface area contributed by atoms with E-state index in [2.05, 4.69) is 5.32 Å². The zero-order chi connectivity index (χ0) is 16.5. The first-order chi connectivity index (χ1) is 10.5. The third kappa shape index (κ3) is 7.14.